The minimum absolute atomic E-state index is 0.355. The van der Waals surface area contributed by atoms with Crippen LogP contribution in [0.25, 0.3) is 0 Å². The molecule has 0 heterocycles. The molecule has 0 aliphatic heterocycles. The van der Waals surface area contributed by atoms with E-state index in [-0.39, 0.29) is 0 Å². The first-order valence-electron chi connectivity index (χ1n) is 2.81. The number of unbranched alkanes of at least 4 members (excludes halogenated alkanes) is 2. The van der Waals surface area contributed by atoms with Crippen molar-refractivity contribution in [1.29, 1.82) is 0 Å². The third-order valence-electron chi connectivity index (χ3n) is 0.762. The maximum Gasteiger partial charge on any atom is 0.106 e. The fourth-order valence-electron chi connectivity index (χ4n) is 0.362. The first kappa shape index (κ1) is 10.6. The highest BCUT2D eigenvalue weighted by Gasteiger charge is 1.76. The zero-order valence-electron chi connectivity index (χ0n) is 5.39. The average molecular weight is 118 g/mol. The van der Waals surface area contributed by atoms with Crippen LogP contribution in [-0.4, -0.2) is 18.5 Å². The van der Waals surface area contributed by atoms with Crippen molar-refractivity contribution >= 4 is 6.79 Å². The second-order valence-corrected chi connectivity index (χ2v) is 1.43. The van der Waals surface area contributed by atoms with Crippen molar-refractivity contribution < 1.29 is 9.90 Å². The Kier molecular flexibility index (Phi) is 21.1. The van der Waals surface area contributed by atoms with Crippen LogP contribution in [0, 0.1) is 0 Å². The Labute approximate surface area is 50.5 Å². The van der Waals surface area contributed by atoms with E-state index in [9.17, 15) is 0 Å². The van der Waals surface area contributed by atoms with Crippen LogP contribution in [0.5, 0.6) is 0 Å². The Morgan fingerprint density at radius 1 is 1.38 bits per heavy atom. The number of aliphatic hydroxyl groups excluding tert-OH is 1. The van der Waals surface area contributed by atoms with Crippen LogP contribution in [0.3, 0.4) is 0 Å². The zero-order chi connectivity index (χ0) is 6.83. The normalized spacial score (nSPS) is 7.25. The lowest BCUT2D eigenvalue weighted by molar-refractivity contribution is -0.0979. The van der Waals surface area contributed by atoms with Gasteiger partial charge in [0.1, 0.15) is 6.79 Å². The van der Waals surface area contributed by atoms with Crippen LogP contribution in [0.2, 0.25) is 0 Å². The molecule has 0 aromatic rings. The van der Waals surface area contributed by atoms with Gasteiger partial charge in [0.15, 0.2) is 0 Å². The second-order valence-electron chi connectivity index (χ2n) is 1.43. The van der Waals surface area contributed by atoms with Crippen LogP contribution in [0.1, 0.15) is 26.2 Å². The summed E-state index contributed by atoms with van der Waals surface area (Å²) in [6.45, 7) is 4.48. The highest BCUT2D eigenvalue weighted by molar-refractivity contribution is 5.10. The Morgan fingerprint density at radius 3 is 2.00 bits per heavy atom. The molecular formula is C6H14O2. The highest BCUT2D eigenvalue weighted by atomic mass is 16.2. The lowest BCUT2D eigenvalue weighted by Gasteiger charge is -1.85. The smallest absolute Gasteiger partial charge is 0.106 e. The maximum absolute atomic E-state index is 8.20. The van der Waals surface area contributed by atoms with Gasteiger partial charge in [-0.05, 0) is 6.42 Å². The Hall–Kier alpha value is -0.370. The lowest BCUT2D eigenvalue weighted by atomic mass is 10.3. The van der Waals surface area contributed by atoms with Crippen LogP contribution in [-0.2, 0) is 4.79 Å². The van der Waals surface area contributed by atoms with Crippen molar-refractivity contribution in [2.75, 3.05) is 6.61 Å². The SMILES string of the molecule is C=O.CCCCCO. The molecular weight excluding hydrogens is 104 g/mol. The molecule has 0 unspecified atom stereocenters. The van der Waals surface area contributed by atoms with Crippen molar-refractivity contribution in [3.8, 4) is 0 Å². The van der Waals surface area contributed by atoms with Crippen LogP contribution < -0.4 is 0 Å². The van der Waals surface area contributed by atoms with E-state index >= 15 is 0 Å². The van der Waals surface area contributed by atoms with E-state index in [4.69, 9.17) is 9.90 Å². The second kappa shape index (κ2) is 15.9. The molecule has 0 atom stereocenters. The quantitative estimate of drug-likeness (QED) is 0.561. The van der Waals surface area contributed by atoms with Crippen molar-refractivity contribution in [3.05, 3.63) is 0 Å². The zero-order valence-corrected chi connectivity index (χ0v) is 5.39. The van der Waals surface area contributed by atoms with Gasteiger partial charge in [-0.15, -0.1) is 0 Å². The van der Waals surface area contributed by atoms with Crippen molar-refractivity contribution in [2.45, 2.75) is 26.2 Å². The van der Waals surface area contributed by atoms with Crippen LogP contribution in [0.4, 0.5) is 0 Å². The predicted octanol–water partition coefficient (Wildman–Crippen LogP) is 0.984. The summed E-state index contributed by atoms with van der Waals surface area (Å²) in [6, 6.07) is 0. The van der Waals surface area contributed by atoms with E-state index in [2.05, 4.69) is 6.92 Å². The number of hydrogen-bond donors (Lipinski definition) is 1. The summed E-state index contributed by atoms with van der Waals surface area (Å²) in [6.07, 6.45) is 3.33. The van der Waals surface area contributed by atoms with Gasteiger partial charge < -0.3 is 9.90 Å². The van der Waals surface area contributed by atoms with E-state index in [1.807, 2.05) is 6.79 Å². The number of hydrogen-bond acceptors (Lipinski definition) is 2. The largest absolute Gasteiger partial charge is 0.396 e. The molecule has 0 spiro atoms. The van der Waals surface area contributed by atoms with Gasteiger partial charge in [-0.1, -0.05) is 19.8 Å². The van der Waals surface area contributed by atoms with E-state index < -0.39 is 0 Å². The number of rotatable bonds is 3. The summed E-state index contributed by atoms with van der Waals surface area (Å²) in [5, 5.41) is 8.20. The molecule has 0 aliphatic carbocycles. The van der Waals surface area contributed by atoms with Crippen molar-refractivity contribution in [2.24, 2.45) is 0 Å². The fourth-order valence-corrected chi connectivity index (χ4v) is 0.362. The maximum atomic E-state index is 8.20. The molecule has 2 heteroatoms. The van der Waals surface area contributed by atoms with Gasteiger partial charge in [-0.2, -0.15) is 0 Å². The molecule has 0 aromatic heterocycles. The molecule has 50 valence electrons. The summed E-state index contributed by atoms with van der Waals surface area (Å²) < 4.78 is 0. The molecule has 0 rings (SSSR count). The highest BCUT2D eigenvalue weighted by Crippen LogP contribution is 1.89. The minimum atomic E-state index is 0.355. The summed E-state index contributed by atoms with van der Waals surface area (Å²) in [7, 11) is 0. The number of carbonyl (C=O) groups excluding carboxylic acids is 1. The van der Waals surface area contributed by atoms with Gasteiger partial charge in [0.05, 0.1) is 0 Å². The summed E-state index contributed by atoms with van der Waals surface area (Å²) in [5.74, 6) is 0. The lowest BCUT2D eigenvalue weighted by Crippen LogP contribution is -1.78. The molecule has 0 bridgehead atoms. The monoisotopic (exact) mass is 118 g/mol. The van der Waals surface area contributed by atoms with Gasteiger partial charge in [-0.3, -0.25) is 0 Å². The third-order valence-corrected chi connectivity index (χ3v) is 0.762. The molecule has 0 saturated heterocycles. The third kappa shape index (κ3) is 17.4. The van der Waals surface area contributed by atoms with E-state index in [0.717, 1.165) is 12.8 Å². The first-order chi connectivity index (χ1) is 3.91. The Bertz CT molecular complexity index is 25.7. The number of aliphatic hydroxyl groups is 1. The minimum Gasteiger partial charge on any atom is -0.396 e. The molecule has 0 radical (unpaired) electrons. The Balaban J connectivity index is 0. The van der Waals surface area contributed by atoms with Gasteiger partial charge >= 0.3 is 0 Å². The van der Waals surface area contributed by atoms with Crippen molar-refractivity contribution in [3.63, 3.8) is 0 Å². The molecule has 0 aliphatic rings. The van der Waals surface area contributed by atoms with E-state index in [1.165, 1.54) is 6.42 Å². The number of carbonyl (C=O) groups is 1. The molecule has 0 saturated carbocycles. The molecule has 2 nitrogen and oxygen atoms in total. The Morgan fingerprint density at radius 2 is 1.88 bits per heavy atom. The molecule has 0 aromatic carbocycles. The van der Waals surface area contributed by atoms with Gasteiger partial charge in [0.2, 0.25) is 0 Å². The van der Waals surface area contributed by atoms with Crippen LogP contribution >= 0.6 is 0 Å². The van der Waals surface area contributed by atoms with Crippen molar-refractivity contribution in [1.82, 2.24) is 0 Å². The summed E-state index contributed by atoms with van der Waals surface area (Å²) in [5.41, 5.74) is 0. The van der Waals surface area contributed by atoms with Crippen LogP contribution in [0.15, 0.2) is 0 Å². The standard InChI is InChI=1S/C5H12O.CH2O/c1-2-3-4-5-6;1-2/h6H,2-5H2,1H3;1H2. The van der Waals surface area contributed by atoms with Gasteiger partial charge in [0, 0.05) is 6.61 Å². The molecule has 8 heavy (non-hydrogen) atoms. The first-order valence-corrected chi connectivity index (χ1v) is 2.81. The topological polar surface area (TPSA) is 37.3 Å². The predicted molar refractivity (Wildman–Crippen MR) is 33.7 cm³/mol. The summed E-state index contributed by atoms with van der Waals surface area (Å²) >= 11 is 0. The van der Waals surface area contributed by atoms with E-state index in [0.29, 0.717) is 6.61 Å². The fraction of sp³-hybridized carbons (Fsp3) is 0.833. The summed E-state index contributed by atoms with van der Waals surface area (Å²) in [4.78, 5) is 8.00. The molecule has 0 fully saturated rings. The van der Waals surface area contributed by atoms with Gasteiger partial charge in [-0.25, -0.2) is 0 Å². The average Bonchev–Trinajstić information content (AvgIpc) is 1.88. The van der Waals surface area contributed by atoms with Gasteiger partial charge in [0.25, 0.3) is 0 Å². The van der Waals surface area contributed by atoms with E-state index in [1.54, 1.807) is 0 Å². The molecule has 0 amide bonds. The molecule has 1 N–H and O–H groups in total.